The number of benzene rings is 1. The van der Waals surface area contributed by atoms with Gasteiger partial charge in [-0.2, -0.15) is 0 Å². The van der Waals surface area contributed by atoms with Gasteiger partial charge >= 0.3 is 5.97 Å². The Morgan fingerprint density at radius 2 is 2.00 bits per heavy atom. The van der Waals surface area contributed by atoms with Gasteiger partial charge in [-0.25, -0.2) is 4.79 Å². The van der Waals surface area contributed by atoms with Crippen LogP contribution in [0.1, 0.15) is 5.56 Å². The Bertz CT molecular complexity index is 420. The minimum absolute atomic E-state index is 0.423. The van der Waals surface area contributed by atoms with E-state index in [1.165, 1.54) is 12.2 Å². The second-order valence-electron chi connectivity index (χ2n) is 3.52. The lowest BCUT2D eigenvalue weighted by atomic mass is 10.1. The summed E-state index contributed by atoms with van der Waals surface area (Å²) in [4.78, 5) is 11.0. The summed E-state index contributed by atoms with van der Waals surface area (Å²) in [6, 6.07) is 9.63. The molecule has 1 heterocycles. The highest BCUT2D eigenvalue weighted by Gasteiger charge is 2.21. The summed E-state index contributed by atoms with van der Waals surface area (Å²) in [5.74, 6) is -0.423. The summed E-state index contributed by atoms with van der Waals surface area (Å²) >= 11 is 0. The van der Waals surface area contributed by atoms with E-state index >= 15 is 0 Å². The van der Waals surface area contributed by atoms with Gasteiger partial charge in [-0.15, -0.1) is 0 Å². The van der Waals surface area contributed by atoms with E-state index in [-0.39, 0.29) is 0 Å². The Hall–Kier alpha value is -1.87. The van der Waals surface area contributed by atoms with Crippen molar-refractivity contribution in [3.63, 3.8) is 0 Å². The molecule has 1 aliphatic heterocycles. The molecule has 1 aromatic rings. The zero-order chi connectivity index (χ0) is 11.4. The Balaban J connectivity index is 2.07. The van der Waals surface area contributed by atoms with E-state index in [0.29, 0.717) is 0 Å². The van der Waals surface area contributed by atoms with Crippen LogP contribution in [0.5, 0.6) is 0 Å². The molecule has 0 radical (unpaired) electrons. The van der Waals surface area contributed by atoms with Crippen LogP contribution in [0.25, 0.3) is 6.08 Å². The first-order chi connectivity index (χ1) is 7.75. The van der Waals surface area contributed by atoms with Crippen LogP contribution in [0.2, 0.25) is 0 Å². The lowest BCUT2D eigenvalue weighted by Crippen LogP contribution is -2.31. The zero-order valence-electron chi connectivity index (χ0n) is 8.61. The fourth-order valence-corrected chi connectivity index (χ4v) is 1.45. The molecule has 0 fully saturated rings. The van der Waals surface area contributed by atoms with Crippen molar-refractivity contribution in [2.24, 2.45) is 0 Å². The lowest BCUT2D eigenvalue weighted by molar-refractivity contribution is -0.146. The number of aliphatic hydroxyl groups excluding tert-OH is 1. The molecule has 0 spiro atoms. The molecule has 3 heteroatoms. The fraction of sp³-hybridized carbons (Fsp3) is 0.154. The molecule has 3 nitrogen and oxygen atoms in total. The molecule has 0 amide bonds. The molecule has 2 rings (SSSR count). The third-order valence-corrected chi connectivity index (χ3v) is 2.30. The Morgan fingerprint density at radius 3 is 2.75 bits per heavy atom. The number of ether oxygens (including phenoxy) is 1. The standard InChI is InChI=1S/C13H12O3/c14-11-7-9-13(15)16-12(11)8-6-10-4-2-1-3-5-10/h1-9,11-12,14H/b8-6+/t11-,12-/m1/s1. The van der Waals surface area contributed by atoms with Crippen molar-refractivity contribution in [2.45, 2.75) is 12.2 Å². The first-order valence-corrected chi connectivity index (χ1v) is 5.06. The number of esters is 1. The van der Waals surface area contributed by atoms with Gasteiger partial charge in [0.2, 0.25) is 0 Å². The smallest absolute Gasteiger partial charge is 0.331 e. The van der Waals surface area contributed by atoms with Crippen molar-refractivity contribution in [1.29, 1.82) is 0 Å². The summed E-state index contributed by atoms with van der Waals surface area (Å²) in [6.07, 6.45) is 4.81. The van der Waals surface area contributed by atoms with Crippen LogP contribution in [0, 0.1) is 0 Å². The highest BCUT2D eigenvalue weighted by Crippen LogP contribution is 2.12. The first-order valence-electron chi connectivity index (χ1n) is 5.06. The van der Waals surface area contributed by atoms with Crippen LogP contribution < -0.4 is 0 Å². The molecule has 0 aliphatic carbocycles. The molecule has 1 aliphatic rings. The summed E-state index contributed by atoms with van der Waals surface area (Å²) in [6.45, 7) is 0. The maximum atomic E-state index is 11.0. The van der Waals surface area contributed by atoms with Crippen molar-refractivity contribution in [3.8, 4) is 0 Å². The Labute approximate surface area is 93.7 Å². The SMILES string of the molecule is O=C1C=C[C@@H](O)[C@@H](/C=C/c2ccccc2)O1. The highest BCUT2D eigenvalue weighted by atomic mass is 16.6. The van der Waals surface area contributed by atoms with Gasteiger partial charge in [-0.05, 0) is 17.7 Å². The Morgan fingerprint density at radius 1 is 1.25 bits per heavy atom. The molecule has 0 saturated carbocycles. The zero-order valence-corrected chi connectivity index (χ0v) is 8.61. The van der Waals surface area contributed by atoms with E-state index in [1.807, 2.05) is 36.4 Å². The average molecular weight is 216 g/mol. The van der Waals surface area contributed by atoms with Crippen molar-refractivity contribution < 1.29 is 14.6 Å². The third kappa shape index (κ3) is 2.58. The summed E-state index contributed by atoms with van der Waals surface area (Å²) < 4.78 is 4.96. The average Bonchev–Trinajstić information content (AvgIpc) is 2.32. The van der Waals surface area contributed by atoms with Crippen LogP contribution in [0.3, 0.4) is 0 Å². The molecule has 1 N–H and O–H groups in total. The first kappa shape index (κ1) is 10.6. The van der Waals surface area contributed by atoms with E-state index < -0.39 is 18.2 Å². The lowest BCUT2D eigenvalue weighted by Gasteiger charge is -2.20. The predicted molar refractivity (Wildman–Crippen MR) is 60.5 cm³/mol. The number of hydrogen-bond donors (Lipinski definition) is 1. The number of hydrogen-bond acceptors (Lipinski definition) is 3. The highest BCUT2D eigenvalue weighted by molar-refractivity contribution is 5.83. The van der Waals surface area contributed by atoms with Crippen molar-refractivity contribution in [3.05, 3.63) is 54.1 Å². The van der Waals surface area contributed by atoms with Crippen molar-refractivity contribution in [1.82, 2.24) is 0 Å². The molecule has 0 unspecified atom stereocenters. The molecule has 0 bridgehead atoms. The van der Waals surface area contributed by atoms with Crippen LogP contribution in [-0.2, 0) is 9.53 Å². The van der Waals surface area contributed by atoms with Crippen LogP contribution in [0.4, 0.5) is 0 Å². The van der Waals surface area contributed by atoms with Gasteiger partial charge in [-0.3, -0.25) is 0 Å². The number of carbonyl (C=O) groups is 1. The normalized spacial score (nSPS) is 24.7. The predicted octanol–water partition coefficient (Wildman–Crippen LogP) is 1.54. The second-order valence-corrected chi connectivity index (χ2v) is 3.52. The Kier molecular flexibility index (Phi) is 3.17. The minimum Gasteiger partial charge on any atom is -0.452 e. The molecule has 16 heavy (non-hydrogen) atoms. The molecular formula is C13H12O3. The monoisotopic (exact) mass is 216 g/mol. The van der Waals surface area contributed by atoms with Crippen LogP contribution in [0.15, 0.2) is 48.6 Å². The van der Waals surface area contributed by atoms with Crippen molar-refractivity contribution in [2.75, 3.05) is 0 Å². The van der Waals surface area contributed by atoms with E-state index in [1.54, 1.807) is 6.08 Å². The topological polar surface area (TPSA) is 46.5 Å². The molecule has 2 atom stereocenters. The van der Waals surface area contributed by atoms with Gasteiger partial charge in [0.05, 0.1) is 0 Å². The van der Waals surface area contributed by atoms with Gasteiger partial charge in [0.25, 0.3) is 0 Å². The van der Waals surface area contributed by atoms with Gasteiger partial charge in [0.1, 0.15) is 12.2 Å². The van der Waals surface area contributed by atoms with E-state index in [9.17, 15) is 9.90 Å². The van der Waals surface area contributed by atoms with E-state index in [4.69, 9.17) is 4.74 Å². The maximum absolute atomic E-state index is 11.0. The molecular weight excluding hydrogens is 204 g/mol. The summed E-state index contributed by atoms with van der Waals surface area (Å²) in [5, 5.41) is 9.55. The maximum Gasteiger partial charge on any atom is 0.331 e. The molecule has 82 valence electrons. The molecule has 0 aromatic heterocycles. The largest absolute Gasteiger partial charge is 0.452 e. The van der Waals surface area contributed by atoms with Gasteiger partial charge in [-0.1, -0.05) is 36.4 Å². The van der Waals surface area contributed by atoms with Gasteiger partial charge in [0.15, 0.2) is 0 Å². The number of rotatable bonds is 2. The number of carbonyl (C=O) groups excluding carboxylic acids is 1. The fourth-order valence-electron chi connectivity index (χ4n) is 1.45. The molecule has 1 aromatic carbocycles. The summed E-state index contributed by atoms with van der Waals surface area (Å²) in [5.41, 5.74) is 1.00. The van der Waals surface area contributed by atoms with Crippen LogP contribution >= 0.6 is 0 Å². The molecule has 0 saturated heterocycles. The minimum atomic E-state index is -0.766. The third-order valence-electron chi connectivity index (χ3n) is 2.30. The second kappa shape index (κ2) is 4.77. The van der Waals surface area contributed by atoms with Crippen molar-refractivity contribution >= 4 is 12.0 Å². The van der Waals surface area contributed by atoms with E-state index in [2.05, 4.69) is 0 Å². The van der Waals surface area contributed by atoms with Gasteiger partial charge in [0, 0.05) is 6.08 Å². The summed E-state index contributed by atoms with van der Waals surface area (Å²) in [7, 11) is 0. The van der Waals surface area contributed by atoms with Crippen LogP contribution in [-0.4, -0.2) is 23.3 Å². The van der Waals surface area contributed by atoms with Gasteiger partial charge < -0.3 is 9.84 Å². The quantitative estimate of drug-likeness (QED) is 0.763. The number of aliphatic hydroxyl groups is 1. The van der Waals surface area contributed by atoms with E-state index in [0.717, 1.165) is 5.56 Å². The number of cyclic esters (lactones) is 1.